The van der Waals surface area contributed by atoms with Gasteiger partial charge in [0.1, 0.15) is 5.84 Å². The van der Waals surface area contributed by atoms with Crippen molar-refractivity contribution < 1.29 is 29.4 Å². The first-order chi connectivity index (χ1) is 11.6. The third kappa shape index (κ3) is 5.70. The Balaban J connectivity index is 2.57. The molecule has 1 amide bonds. The summed E-state index contributed by atoms with van der Waals surface area (Å²) in [5.41, 5.74) is 11.6. The lowest BCUT2D eigenvalue weighted by molar-refractivity contribution is -0.157. The van der Waals surface area contributed by atoms with Gasteiger partial charge in [-0.05, 0) is 24.3 Å². The number of Topliss-reactive ketones (excluding diaryl/α,β-unsaturated/α-hetero) is 1. The number of ketones is 1. The highest BCUT2D eigenvalue weighted by molar-refractivity contribution is 6.02. The number of rotatable bonds is 9. The molecule has 1 atom stereocenters. The first kappa shape index (κ1) is 19.8. The number of carboxylic acids is 2. The largest absolute Gasteiger partial charge is 0.481 e. The smallest absolute Gasteiger partial charge is 0.319 e. The fraction of sp³-hybridized carbons (Fsp3) is 0.267. The summed E-state index contributed by atoms with van der Waals surface area (Å²) in [5.74, 6) is -6.99. The minimum Gasteiger partial charge on any atom is -0.481 e. The second-order valence-corrected chi connectivity index (χ2v) is 5.19. The lowest BCUT2D eigenvalue weighted by Gasteiger charge is -2.15. The average molecular weight is 350 g/mol. The highest BCUT2D eigenvalue weighted by Crippen LogP contribution is 2.11. The number of hydrogen-bond acceptors (Lipinski definition) is 6. The minimum absolute atomic E-state index is 0.121. The van der Waals surface area contributed by atoms with Gasteiger partial charge in [-0.3, -0.25) is 24.6 Å². The van der Waals surface area contributed by atoms with E-state index in [-0.39, 0.29) is 12.3 Å². The molecule has 0 aromatic heterocycles. The first-order valence-electron chi connectivity index (χ1n) is 7.11. The molecule has 8 N–H and O–H groups in total. The summed E-state index contributed by atoms with van der Waals surface area (Å²) in [5, 5.41) is 27.3. The zero-order valence-electron chi connectivity index (χ0n) is 13.1. The van der Waals surface area contributed by atoms with E-state index in [0.29, 0.717) is 11.3 Å². The molecule has 0 heterocycles. The molecule has 10 nitrogen and oxygen atoms in total. The van der Waals surface area contributed by atoms with E-state index in [1.54, 1.807) is 0 Å². The molecule has 1 rings (SSSR count). The third-order valence-electron chi connectivity index (χ3n) is 3.34. The number of amidine groups is 1. The standard InChI is InChI=1S/C15H18N4O6/c16-12(11(14(22)23)15(24)25)9(20)5-6-10(21)19-8-3-1-7(2-4-8)13(17)18/h1-4,11-12H,5-6,16H2,(H3,17,18)(H,19,21)(H,22,23)(H,24,25). The van der Waals surface area contributed by atoms with E-state index in [1.165, 1.54) is 24.3 Å². The molecule has 0 aliphatic carbocycles. The van der Waals surface area contributed by atoms with E-state index in [2.05, 4.69) is 5.32 Å². The summed E-state index contributed by atoms with van der Waals surface area (Å²) < 4.78 is 0. The second kappa shape index (κ2) is 8.55. The van der Waals surface area contributed by atoms with Crippen molar-refractivity contribution in [2.45, 2.75) is 18.9 Å². The van der Waals surface area contributed by atoms with Crippen molar-refractivity contribution in [2.24, 2.45) is 17.4 Å². The predicted octanol–water partition coefficient (Wildman–Crippen LogP) is -0.629. The Labute approximate surface area is 142 Å². The number of aliphatic carboxylic acids is 2. The fourth-order valence-corrected chi connectivity index (χ4v) is 1.96. The molecule has 0 saturated heterocycles. The number of nitrogens with one attached hydrogen (secondary N) is 2. The maximum Gasteiger partial charge on any atom is 0.319 e. The molecule has 0 saturated carbocycles. The van der Waals surface area contributed by atoms with Crippen molar-refractivity contribution in [1.82, 2.24) is 0 Å². The lowest BCUT2D eigenvalue weighted by atomic mass is 9.94. The Kier molecular flexibility index (Phi) is 6.76. The minimum atomic E-state index is -2.06. The van der Waals surface area contributed by atoms with Crippen LogP contribution < -0.4 is 16.8 Å². The van der Waals surface area contributed by atoms with Crippen molar-refractivity contribution >= 4 is 35.2 Å². The van der Waals surface area contributed by atoms with Crippen LogP contribution in [0, 0.1) is 11.3 Å². The van der Waals surface area contributed by atoms with E-state index in [4.69, 9.17) is 27.1 Å². The highest BCUT2D eigenvalue weighted by Gasteiger charge is 2.36. The monoisotopic (exact) mass is 350 g/mol. The number of anilines is 1. The summed E-state index contributed by atoms with van der Waals surface area (Å²) in [4.78, 5) is 45.2. The van der Waals surface area contributed by atoms with Crippen LogP contribution in [0.2, 0.25) is 0 Å². The van der Waals surface area contributed by atoms with Gasteiger partial charge < -0.3 is 27.0 Å². The van der Waals surface area contributed by atoms with Crippen molar-refractivity contribution in [1.29, 1.82) is 5.41 Å². The van der Waals surface area contributed by atoms with Crippen molar-refractivity contribution in [2.75, 3.05) is 5.32 Å². The van der Waals surface area contributed by atoms with Crippen LogP contribution in [0.25, 0.3) is 0 Å². The molecular weight excluding hydrogens is 332 g/mol. The van der Waals surface area contributed by atoms with Gasteiger partial charge in [-0.15, -0.1) is 0 Å². The van der Waals surface area contributed by atoms with E-state index < -0.39 is 42.0 Å². The van der Waals surface area contributed by atoms with Crippen LogP contribution in [0.1, 0.15) is 18.4 Å². The summed E-state index contributed by atoms with van der Waals surface area (Å²) in [6.45, 7) is 0. The number of hydrogen-bond donors (Lipinski definition) is 6. The van der Waals surface area contributed by atoms with E-state index >= 15 is 0 Å². The van der Waals surface area contributed by atoms with Gasteiger partial charge in [0, 0.05) is 24.1 Å². The molecule has 134 valence electrons. The summed E-state index contributed by atoms with van der Waals surface area (Å²) in [6.07, 6.45) is -0.678. The van der Waals surface area contributed by atoms with Gasteiger partial charge in [-0.25, -0.2) is 0 Å². The Morgan fingerprint density at radius 2 is 1.56 bits per heavy atom. The number of carbonyl (C=O) groups excluding carboxylic acids is 2. The molecule has 1 aromatic carbocycles. The lowest BCUT2D eigenvalue weighted by Crippen LogP contribution is -2.46. The molecular formula is C15H18N4O6. The Morgan fingerprint density at radius 1 is 1.04 bits per heavy atom. The number of carboxylic acid groups (broad SMARTS) is 2. The molecule has 0 fully saturated rings. The van der Waals surface area contributed by atoms with Crippen LogP contribution in [-0.2, 0) is 19.2 Å². The first-order valence-corrected chi connectivity index (χ1v) is 7.11. The van der Waals surface area contributed by atoms with Gasteiger partial charge in [0.25, 0.3) is 0 Å². The average Bonchev–Trinajstić information content (AvgIpc) is 2.52. The Hall–Kier alpha value is -3.27. The number of amides is 1. The maximum atomic E-state index is 11.8. The summed E-state index contributed by atoms with van der Waals surface area (Å²) in [6, 6.07) is 4.37. The van der Waals surface area contributed by atoms with Crippen molar-refractivity contribution in [3.8, 4) is 0 Å². The molecule has 0 bridgehead atoms. The molecule has 0 spiro atoms. The van der Waals surface area contributed by atoms with E-state index in [0.717, 1.165) is 0 Å². The molecule has 1 unspecified atom stereocenters. The van der Waals surface area contributed by atoms with Crippen LogP contribution in [0.15, 0.2) is 24.3 Å². The van der Waals surface area contributed by atoms with E-state index in [9.17, 15) is 19.2 Å². The maximum absolute atomic E-state index is 11.8. The van der Waals surface area contributed by atoms with Gasteiger partial charge in [-0.1, -0.05) is 0 Å². The number of benzene rings is 1. The fourth-order valence-electron chi connectivity index (χ4n) is 1.96. The normalized spacial score (nSPS) is 11.6. The highest BCUT2D eigenvalue weighted by atomic mass is 16.4. The van der Waals surface area contributed by atoms with Crippen LogP contribution in [0.5, 0.6) is 0 Å². The van der Waals surface area contributed by atoms with Gasteiger partial charge in [0.15, 0.2) is 11.7 Å². The quantitative estimate of drug-likeness (QED) is 0.192. The number of nitrogens with two attached hydrogens (primary N) is 2. The number of carbonyl (C=O) groups is 4. The van der Waals surface area contributed by atoms with Crippen LogP contribution in [0.4, 0.5) is 5.69 Å². The van der Waals surface area contributed by atoms with Crippen molar-refractivity contribution in [3.63, 3.8) is 0 Å². The molecule has 0 aliphatic heterocycles. The Bertz CT molecular complexity index is 686. The SMILES string of the molecule is N=C(N)c1ccc(NC(=O)CCC(=O)C(N)C(C(=O)O)C(=O)O)cc1. The Morgan fingerprint density at radius 3 is 2.00 bits per heavy atom. The van der Waals surface area contributed by atoms with Crippen molar-refractivity contribution in [3.05, 3.63) is 29.8 Å². The second-order valence-electron chi connectivity index (χ2n) is 5.19. The molecule has 0 radical (unpaired) electrons. The van der Waals surface area contributed by atoms with E-state index in [1.807, 2.05) is 0 Å². The van der Waals surface area contributed by atoms with Crippen LogP contribution in [0.3, 0.4) is 0 Å². The van der Waals surface area contributed by atoms with Gasteiger partial charge in [-0.2, -0.15) is 0 Å². The third-order valence-corrected chi connectivity index (χ3v) is 3.34. The zero-order valence-corrected chi connectivity index (χ0v) is 13.1. The zero-order chi connectivity index (χ0) is 19.1. The van der Waals surface area contributed by atoms with Gasteiger partial charge in [0.2, 0.25) is 5.91 Å². The molecule has 10 heteroatoms. The molecule has 1 aromatic rings. The number of nitrogen functional groups attached to an aromatic ring is 1. The topological polar surface area (TPSA) is 197 Å². The molecule has 25 heavy (non-hydrogen) atoms. The van der Waals surface area contributed by atoms with Gasteiger partial charge in [0.05, 0.1) is 6.04 Å². The summed E-state index contributed by atoms with van der Waals surface area (Å²) in [7, 11) is 0. The molecule has 0 aliphatic rings. The predicted molar refractivity (Wildman–Crippen MR) is 87.1 cm³/mol. The van der Waals surface area contributed by atoms with Gasteiger partial charge >= 0.3 is 11.9 Å². The van der Waals surface area contributed by atoms with Crippen LogP contribution in [-0.4, -0.2) is 45.7 Å². The summed E-state index contributed by atoms with van der Waals surface area (Å²) >= 11 is 0. The van der Waals surface area contributed by atoms with Crippen LogP contribution >= 0.6 is 0 Å².